The summed E-state index contributed by atoms with van der Waals surface area (Å²) in [6.45, 7) is 9.52. The van der Waals surface area contributed by atoms with Crippen LogP contribution in [0, 0.1) is 20.8 Å². The summed E-state index contributed by atoms with van der Waals surface area (Å²) in [5.74, 6) is 0.0598. The molecule has 7 heteroatoms. The third kappa shape index (κ3) is 4.15. The SMILES string of the molecule is CC/C(=C\c1ccc(N=C(N)N)cc1C1(C)CCc2c(C)c(O)c(C)c(C)c2O1)C(=O)O. The summed E-state index contributed by atoms with van der Waals surface area (Å²) < 4.78 is 6.63. The fourth-order valence-corrected chi connectivity index (χ4v) is 4.29. The highest BCUT2D eigenvalue weighted by atomic mass is 16.5. The quantitative estimate of drug-likeness (QED) is 0.313. The molecule has 6 N–H and O–H groups in total. The first-order valence-corrected chi connectivity index (χ1v) is 10.7. The second-order valence-corrected chi connectivity index (χ2v) is 8.50. The zero-order valence-electron chi connectivity index (χ0n) is 19.2. The Kier molecular flexibility index (Phi) is 6.21. The molecule has 170 valence electrons. The number of fused-ring (bicyclic) bond motifs is 1. The molecule has 2 aromatic rings. The monoisotopic (exact) mass is 437 g/mol. The van der Waals surface area contributed by atoms with Gasteiger partial charge in [0, 0.05) is 16.7 Å². The van der Waals surface area contributed by atoms with E-state index in [0.29, 0.717) is 36.3 Å². The number of rotatable bonds is 5. The van der Waals surface area contributed by atoms with E-state index in [-0.39, 0.29) is 5.96 Å². The zero-order chi connectivity index (χ0) is 23.8. The summed E-state index contributed by atoms with van der Waals surface area (Å²) in [6.07, 6.45) is 3.42. The van der Waals surface area contributed by atoms with E-state index >= 15 is 0 Å². The Labute approximate surface area is 188 Å². The molecule has 7 nitrogen and oxygen atoms in total. The van der Waals surface area contributed by atoms with Crippen molar-refractivity contribution in [1.82, 2.24) is 0 Å². The molecule has 1 unspecified atom stereocenters. The van der Waals surface area contributed by atoms with Crippen LogP contribution in [0.3, 0.4) is 0 Å². The predicted molar refractivity (Wildman–Crippen MR) is 126 cm³/mol. The summed E-state index contributed by atoms with van der Waals surface area (Å²) in [4.78, 5) is 15.8. The fourth-order valence-electron chi connectivity index (χ4n) is 4.29. The molecule has 0 radical (unpaired) electrons. The number of phenols is 1. The number of carboxylic acids is 1. The van der Waals surface area contributed by atoms with Crippen LogP contribution in [0.25, 0.3) is 6.08 Å². The van der Waals surface area contributed by atoms with Gasteiger partial charge in [-0.25, -0.2) is 9.79 Å². The molecule has 1 aliphatic rings. The molecule has 32 heavy (non-hydrogen) atoms. The van der Waals surface area contributed by atoms with Gasteiger partial charge in [-0.3, -0.25) is 0 Å². The van der Waals surface area contributed by atoms with Gasteiger partial charge < -0.3 is 26.4 Å². The smallest absolute Gasteiger partial charge is 0.331 e. The number of hydrogen-bond acceptors (Lipinski definition) is 4. The average Bonchev–Trinajstić information content (AvgIpc) is 2.74. The second kappa shape index (κ2) is 8.57. The molecule has 0 saturated carbocycles. The first-order valence-electron chi connectivity index (χ1n) is 10.7. The van der Waals surface area contributed by atoms with Gasteiger partial charge >= 0.3 is 5.97 Å². The first-order chi connectivity index (χ1) is 15.0. The number of aliphatic imine (C=N–C) groups is 1. The van der Waals surface area contributed by atoms with E-state index in [1.165, 1.54) is 0 Å². The second-order valence-electron chi connectivity index (χ2n) is 8.50. The summed E-state index contributed by atoms with van der Waals surface area (Å²) in [7, 11) is 0. The number of guanidine groups is 1. The minimum absolute atomic E-state index is 0.0587. The summed E-state index contributed by atoms with van der Waals surface area (Å²) in [6, 6.07) is 5.42. The molecule has 0 fully saturated rings. The average molecular weight is 438 g/mol. The summed E-state index contributed by atoms with van der Waals surface area (Å²) in [5, 5.41) is 20.0. The van der Waals surface area contributed by atoms with Crippen LogP contribution in [0.2, 0.25) is 0 Å². The van der Waals surface area contributed by atoms with Crippen molar-refractivity contribution < 1.29 is 19.7 Å². The van der Waals surface area contributed by atoms with Crippen molar-refractivity contribution in [3.8, 4) is 11.5 Å². The van der Waals surface area contributed by atoms with Crippen molar-refractivity contribution in [3.63, 3.8) is 0 Å². The molecule has 2 aromatic carbocycles. The lowest BCUT2D eigenvalue weighted by Crippen LogP contribution is -2.35. The zero-order valence-corrected chi connectivity index (χ0v) is 19.2. The molecule has 1 heterocycles. The van der Waals surface area contributed by atoms with Crippen molar-refractivity contribution in [2.45, 2.75) is 59.5 Å². The molecule has 0 aliphatic carbocycles. The van der Waals surface area contributed by atoms with E-state index in [1.54, 1.807) is 12.1 Å². The van der Waals surface area contributed by atoms with Gasteiger partial charge in [-0.1, -0.05) is 13.0 Å². The topological polar surface area (TPSA) is 131 Å². The number of phenolic OH excluding ortho intramolecular Hbond substituents is 1. The van der Waals surface area contributed by atoms with Crippen LogP contribution in [-0.4, -0.2) is 22.1 Å². The maximum Gasteiger partial charge on any atom is 0.331 e. The van der Waals surface area contributed by atoms with Crippen molar-refractivity contribution in [2.75, 3.05) is 0 Å². The highest BCUT2D eigenvalue weighted by Crippen LogP contribution is 2.47. The van der Waals surface area contributed by atoms with E-state index in [0.717, 1.165) is 39.1 Å². The molecule has 0 saturated heterocycles. The minimum Gasteiger partial charge on any atom is -0.507 e. The molecule has 0 amide bonds. The number of benzene rings is 2. The standard InChI is InChI=1S/C25H31N3O4/c1-6-16(23(30)31)11-17-7-8-18(28-24(26)27)12-20(17)25(5)10-9-19-15(4)21(29)13(2)14(3)22(19)32-25/h7-8,11-12,29H,6,9-10H2,1-5H3,(H,30,31)(H4,26,27,28)/b16-11+. The van der Waals surface area contributed by atoms with E-state index in [1.807, 2.05) is 46.8 Å². The molecular weight excluding hydrogens is 406 g/mol. The highest BCUT2D eigenvalue weighted by molar-refractivity contribution is 5.92. The number of carbonyl (C=O) groups is 1. The fraction of sp³-hybridized carbons (Fsp3) is 0.360. The highest BCUT2D eigenvalue weighted by Gasteiger charge is 2.37. The molecule has 1 atom stereocenters. The van der Waals surface area contributed by atoms with Gasteiger partial charge in [0.05, 0.1) is 5.69 Å². The van der Waals surface area contributed by atoms with Gasteiger partial charge in [-0.05, 0) is 87.4 Å². The lowest BCUT2D eigenvalue weighted by molar-refractivity contribution is -0.132. The van der Waals surface area contributed by atoms with Gasteiger partial charge in [0.2, 0.25) is 0 Å². The molecule has 1 aliphatic heterocycles. The summed E-state index contributed by atoms with van der Waals surface area (Å²) >= 11 is 0. The van der Waals surface area contributed by atoms with Crippen molar-refractivity contribution in [2.24, 2.45) is 16.5 Å². The van der Waals surface area contributed by atoms with Crippen LogP contribution in [-0.2, 0) is 16.8 Å². The van der Waals surface area contributed by atoms with Gasteiger partial charge in [0.1, 0.15) is 17.1 Å². The first kappa shape index (κ1) is 23.2. The van der Waals surface area contributed by atoms with Crippen molar-refractivity contribution >= 4 is 23.7 Å². The molecule has 3 rings (SSSR count). The number of carboxylic acid groups (broad SMARTS) is 1. The van der Waals surface area contributed by atoms with Crippen LogP contribution in [0.15, 0.2) is 28.8 Å². The number of aromatic hydroxyl groups is 1. The van der Waals surface area contributed by atoms with Gasteiger partial charge in [-0.15, -0.1) is 0 Å². The van der Waals surface area contributed by atoms with Crippen molar-refractivity contribution in [3.05, 3.63) is 57.2 Å². The number of ether oxygens (including phenoxy) is 1. The Bertz CT molecular complexity index is 1150. The largest absolute Gasteiger partial charge is 0.507 e. The van der Waals surface area contributed by atoms with Crippen LogP contribution in [0.1, 0.15) is 60.1 Å². The van der Waals surface area contributed by atoms with E-state index in [2.05, 4.69) is 4.99 Å². The van der Waals surface area contributed by atoms with Crippen LogP contribution >= 0.6 is 0 Å². The Hall–Kier alpha value is -3.48. The molecule has 0 aromatic heterocycles. The number of nitrogens with zero attached hydrogens (tertiary/aromatic N) is 1. The number of aliphatic carboxylic acids is 1. The number of nitrogens with two attached hydrogens (primary N) is 2. The summed E-state index contributed by atoms with van der Waals surface area (Å²) in [5.41, 5.74) is 16.3. The van der Waals surface area contributed by atoms with Crippen LogP contribution < -0.4 is 16.2 Å². The lowest BCUT2D eigenvalue weighted by atomic mass is 9.81. The van der Waals surface area contributed by atoms with Crippen LogP contribution in [0.5, 0.6) is 11.5 Å². The van der Waals surface area contributed by atoms with Gasteiger partial charge in [0.25, 0.3) is 0 Å². The molecule has 0 spiro atoms. The predicted octanol–water partition coefficient (Wildman–Crippen LogP) is 4.34. The Balaban J connectivity index is 2.21. The maximum atomic E-state index is 11.7. The normalized spacial score (nSPS) is 18.0. The molecule has 0 bridgehead atoms. The Morgan fingerprint density at radius 3 is 2.50 bits per heavy atom. The number of hydrogen-bond donors (Lipinski definition) is 4. The lowest BCUT2D eigenvalue weighted by Gasteiger charge is -2.39. The Morgan fingerprint density at radius 2 is 1.91 bits per heavy atom. The minimum atomic E-state index is -0.954. The Morgan fingerprint density at radius 1 is 1.22 bits per heavy atom. The van der Waals surface area contributed by atoms with Crippen molar-refractivity contribution in [1.29, 1.82) is 0 Å². The van der Waals surface area contributed by atoms with E-state index < -0.39 is 11.6 Å². The maximum absolute atomic E-state index is 11.7. The van der Waals surface area contributed by atoms with Gasteiger partial charge in [-0.2, -0.15) is 0 Å². The third-order valence-corrected chi connectivity index (χ3v) is 6.37. The van der Waals surface area contributed by atoms with E-state index in [9.17, 15) is 15.0 Å². The van der Waals surface area contributed by atoms with E-state index in [4.69, 9.17) is 16.2 Å². The molecular formula is C25H31N3O4. The third-order valence-electron chi connectivity index (χ3n) is 6.37. The van der Waals surface area contributed by atoms with Crippen LogP contribution in [0.4, 0.5) is 5.69 Å². The van der Waals surface area contributed by atoms with Gasteiger partial charge in [0.15, 0.2) is 5.96 Å².